The van der Waals surface area contributed by atoms with E-state index in [1.807, 2.05) is 6.92 Å². The van der Waals surface area contributed by atoms with E-state index in [4.69, 9.17) is 14.2 Å². The molecule has 1 aliphatic rings. The number of rotatable bonds is 8. The standard InChI is InChI=1S/C19H22N2O6S/c1-2-25-19-14(4-3-8-20-19)13-21-18(22)7-11-28(23,24)15-5-6-16-17(12-15)27-10-9-26-16/h3-6,8,12H,2,7,9-11,13H2,1H3,(H,21,22). The third kappa shape index (κ3) is 4.92. The minimum atomic E-state index is -3.62. The molecule has 2 aromatic rings. The van der Waals surface area contributed by atoms with Gasteiger partial charge >= 0.3 is 0 Å². The Morgan fingerprint density at radius 1 is 1.21 bits per heavy atom. The van der Waals surface area contributed by atoms with Gasteiger partial charge in [0, 0.05) is 30.8 Å². The molecule has 0 saturated carbocycles. The van der Waals surface area contributed by atoms with Gasteiger partial charge in [-0.1, -0.05) is 6.07 Å². The molecule has 0 aliphatic carbocycles. The maximum Gasteiger partial charge on any atom is 0.221 e. The molecule has 2 heterocycles. The van der Waals surface area contributed by atoms with E-state index in [0.29, 0.717) is 37.2 Å². The van der Waals surface area contributed by atoms with Gasteiger partial charge in [0.2, 0.25) is 11.8 Å². The number of hydrogen-bond acceptors (Lipinski definition) is 7. The Morgan fingerprint density at radius 3 is 2.79 bits per heavy atom. The number of hydrogen-bond donors (Lipinski definition) is 1. The van der Waals surface area contributed by atoms with Crippen LogP contribution < -0.4 is 19.5 Å². The quantitative estimate of drug-likeness (QED) is 0.712. The van der Waals surface area contributed by atoms with E-state index >= 15 is 0 Å². The first-order valence-corrected chi connectivity index (χ1v) is 10.6. The molecule has 0 saturated heterocycles. The van der Waals surface area contributed by atoms with E-state index in [1.54, 1.807) is 24.4 Å². The summed E-state index contributed by atoms with van der Waals surface area (Å²) in [7, 11) is -3.62. The number of nitrogens with zero attached hydrogens (tertiary/aromatic N) is 1. The lowest BCUT2D eigenvalue weighted by molar-refractivity contribution is -0.120. The van der Waals surface area contributed by atoms with Gasteiger partial charge in [-0.3, -0.25) is 4.79 Å². The highest BCUT2D eigenvalue weighted by Gasteiger charge is 2.20. The molecular weight excluding hydrogens is 384 g/mol. The molecule has 28 heavy (non-hydrogen) atoms. The SMILES string of the molecule is CCOc1ncccc1CNC(=O)CCS(=O)(=O)c1ccc2c(c1)OCCO2. The van der Waals surface area contributed by atoms with Crippen molar-refractivity contribution in [2.75, 3.05) is 25.6 Å². The summed E-state index contributed by atoms with van der Waals surface area (Å²) in [6.07, 6.45) is 1.46. The zero-order valence-electron chi connectivity index (χ0n) is 15.5. The van der Waals surface area contributed by atoms with E-state index in [1.165, 1.54) is 12.1 Å². The largest absolute Gasteiger partial charge is 0.486 e. The number of benzene rings is 1. The molecule has 1 aliphatic heterocycles. The normalized spacial score (nSPS) is 13.0. The van der Waals surface area contributed by atoms with E-state index in [9.17, 15) is 13.2 Å². The Labute approximate surface area is 163 Å². The Morgan fingerprint density at radius 2 is 2.00 bits per heavy atom. The highest BCUT2D eigenvalue weighted by atomic mass is 32.2. The first kappa shape index (κ1) is 19.9. The lowest BCUT2D eigenvalue weighted by Crippen LogP contribution is -2.25. The molecule has 1 N–H and O–H groups in total. The Hall–Kier alpha value is -2.81. The minimum absolute atomic E-state index is 0.107. The van der Waals surface area contributed by atoms with E-state index in [-0.39, 0.29) is 29.5 Å². The number of aromatic nitrogens is 1. The van der Waals surface area contributed by atoms with Gasteiger partial charge in [-0.25, -0.2) is 13.4 Å². The van der Waals surface area contributed by atoms with Crippen LogP contribution in [-0.4, -0.2) is 44.9 Å². The van der Waals surface area contributed by atoms with Gasteiger partial charge in [-0.05, 0) is 25.1 Å². The molecule has 9 heteroatoms. The smallest absolute Gasteiger partial charge is 0.221 e. The van der Waals surface area contributed by atoms with Gasteiger partial charge in [0.1, 0.15) is 13.2 Å². The summed E-state index contributed by atoms with van der Waals surface area (Å²) in [5.74, 6) is 0.701. The lowest BCUT2D eigenvalue weighted by atomic mass is 10.2. The average molecular weight is 406 g/mol. The highest BCUT2D eigenvalue weighted by Crippen LogP contribution is 2.32. The fourth-order valence-electron chi connectivity index (χ4n) is 2.67. The summed E-state index contributed by atoms with van der Waals surface area (Å²) < 4.78 is 41.3. The van der Waals surface area contributed by atoms with Gasteiger partial charge in [0.25, 0.3) is 0 Å². The maximum absolute atomic E-state index is 12.5. The number of amides is 1. The van der Waals surface area contributed by atoms with E-state index in [0.717, 1.165) is 5.56 Å². The first-order valence-electron chi connectivity index (χ1n) is 8.95. The number of pyridine rings is 1. The topological polar surface area (TPSA) is 104 Å². The molecule has 0 unspecified atom stereocenters. The molecule has 3 rings (SSSR count). The molecule has 1 aromatic heterocycles. The predicted molar refractivity (Wildman–Crippen MR) is 101 cm³/mol. The monoisotopic (exact) mass is 406 g/mol. The van der Waals surface area contributed by atoms with E-state index < -0.39 is 9.84 Å². The Kier molecular flexibility index (Phi) is 6.35. The summed E-state index contributed by atoms with van der Waals surface area (Å²) in [6.45, 7) is 3.33. The van der Waals surface area contributed by atoms with Crippen molar-refractivity contribution in [2.45, 2.75) is 24.8 Å². The Balaban J connectivity index is 1.56. The molecule has 0 spiro atoms. The number of fused-ring (bicyclic) bond motifs is 1. The van der Waals surface area contributed by atoms with Gasteiger partial charge in [-0.2, -0.15) is 0 Å². The van der Waals surface area contributed by atoms with Gasteiger partial charge in [-0.15, -0.1) is 0 Å². The maximum atomic E-state index is 12.5. The third-order valence-electron chi connectivity index (χ3n) is 4.08. The highest BCUT2D eigenvalue weighted by molar-refractivity contribution is 7.91. The van der Waals surface area contributed by atoms with Crippen LogP contribution in [0, 0.1) is 0 Å². The second-order valence-electron chi connectivity index (χ2n) is 6.05. The third-order valence-corrected chi connectivity index (χ3v) is 5.79. The molecule has 1 aromatic carbocycles. The fourth-order valence-corrected chi connectivity index (χ4v) is 3.92. The van der Waals surface area contributed by atoms with Crippen molar-refractivity contribution in [1.82, 2.24) is 10.3 Å². The van der Waals surface area contributed by atoms with Crippen LogP contribution in [0.4, 0.5) is 0 Å². The fraction of sp³-hybridized carbons (Fsp3) is 0.368. The van der Waals surface area contributed by atoms with Crippen LogP contribution in [0.15, 0.2) is 41.4 Å². The number of sulfone groups is 1. The van der Waals surface area contributed by atoms with Crippen LogP contribution in [0.3, 0.4) is 0 Å². The summed E-state index contributed by atoms with van der Waals surface area (Å²) in [5.41, 5.74) is 0.729. The van der Waals surface area contributed by atoms with Crippen molar-refractivity contribution in [3.8, 4) is 17.4 Å². The number of ether oxygens (including phenoxy) is 3. The van der Waals surface area contributed by atoms with Crippen LogP contribution in [0.25, 0.3) is 0 Å². The van der Waals surface area contributed by atoms with Crippen molar-refractivity contribution >= 4 is 15.7 Å². The molecule has 150 valence electrons. The van der Waals surface area contributed by atoms with Crippen molar-refractivity contribution in [3.63, 3.8) is 0 Å². The first-order chi connectivity index (χ1) is 13.5. The van der Waals surface area contributed by atoms with E-state index in [2.05, 4.69) is 10.3 Å². The molecule has 0 bridgehead atoms. The van der Waals surface area contributed by atoms with Crippen LogP contribution in [-0.2, 0) is 21.2 Å². The summed E-state index contributed by atoms with van der Waals surface area (Å²) >= 11 is 0. The van der Waals surface area contributed by atoms with Crippen molar-refractivity contribution in [2.24, 2.45) is 0 Å². The van der Waals surface area contributed by atoms with Gasteiger partial charge < -0.3 is 19.5 Å². The van der Waals surface area contributed by atoms with Crippen LogP contribution >= 0.6 is 0 Å². The average Bonchev–Trinajstić information content (AvgIpc) is 2.71. The molecule has 0 atom stereocenters. The number of carbonyl (C=O) groups excluding carboxylic acids is 1. The van der Waals surface area contributed by atoms with Crippen LogP contribution in [0.5, 0.6) is 17.4 Å². The molecule has 0 fully saturated rings. The second kappa shape index (κ2) is 8.92. The predicted octanol–water partition coefficient (Wildman–Crippen LogP) is 1.73. The van der Waals surface area contributed by atoms with Crippen LogP contribution in [0.1, 0.15) is 18.9 Å². The Bertz CT molecular complexity index is 945. The molecule has 8 nitrogen and oxygen atoms in total. The zero-order valence-corrected chi connectivity index (χ0v) is 16.3. The molecular formula is C19H22N2O6S. The summed E-state index contributed by atoms with van der Waals surface area (Å²) in [4.78, 5) is 16.3. The zero-order chi connectivity index (χ0) is 20.0. The molecule has 0 radical (unpaired) electrons. The van der Waals surface area contributed by atoms with Gasteiger partial charge in [0.15, 0.2) is 21.3 Å². The second-order valence-corrected chi connectivity index (χ2v) is 8.16. The number of carbonyl (C=O) groups is 1. The summed E-state index contributed by atoms with van der Waals surface area (Å²) in [6, 6.07) is 8.01. The number of nitrogens with one attached hydrogen (secondary N) is 1. The minimum Gasteiger partial charge on any atom is -0.486 e. The van der Waals surface area contributed by atoms with Crippen molar-refractivity contribution in [1.29, 1.82) is 0 Å². The molecule has 1 amide bonds. The van der Waals surface area contributed by atoms with Crippen molar-refractivity contribution in [3.05, 3.63) is 42.1 Å². The lowest BCUT2D eigenvalue weighted by Gasteiger charge is -2.18. The van der Waals surface area contributed by atoms with Crippen molar-refractivity contribution < 1.29 is 27.4 Å². The summed E-state index contributed by atoms with van der Waals surface area (Å²) in [5, 5.41) is 2.70. The van der Waals surface area contributed by atoms with Gasteiger partial charge in [0.05, 0.1) is 17.3 Å². The van der Waals surface area contributed by atoms with Crippen LogP contribution in [0.2, 0.25) is 0 Å².